The number of rotatable bonds is 1. The number of ether oxygens (including phenoxy) is 1. The van der Waals surface area contributed by atoms with Crippen LogP contribution >= 0.6 is 0 Å². The van der Waals surface area contributed by atoms with Crippen LogP contribution in [0.4, 0.5) is 4.79 Å². The summed E-state index contributed by atoms with van der Waals surface area (Å²) in [5, 5.41) is 10.2. The number of piperidine rings is 1. The summed E-state index contributed by atoms with van der Waals surface area (Å²) < 4.78 is 5.12. The summed E-state index contributed by atoms with van der Waals surface area (Å²) in [6, 6.07) is 0. The first-order chi connectivity index (χ1) is 8.81. The van der Waals surface area contributed by atoms with Gasteiger partial charge in [-0.25, -0.2) is 4.79 Å². The molecule has 1 aliphatic carbocycles. The minimum atomic E-state index is -0.222. The number of fused-ring (bicyclic) bond motifs is 1. The molecular formula is C15H27NO3. The van der Waals surface area contributed by atoms with Crippen LogP contribution in [0.25, 0.3) is 0 Å². The number of carbonyl (C=O) groups excluding carboxylic acids is 1. The third kappa shape index (κ3) is 2.47. The van der Waals surface area contributed by atoms with E-state index in [0.717, 1.165) is 32.4 Å². The number of likely N-dealkylation sites (tertiary alicyclic amines) is 1. The Labute approximate surface area is 116 Å². The molecule has 2 aliphatic rings. The number of nitrogens with zero attached hydrogens (tertiary/aromatic N) is 1. The van der Waals surface area contributed by atoms with Gasteiger partial charge in [0.1, 0.15) is 0 Å². The predicted molar refractivity (Wildman–Crippen MR) is 73.8 cm³/mol. The second kappa shape index (κ2) is 4.97. The van der Waals surface area contributed by atoms with Gasteiger partial charge in [0.15, 0.2) is 0 Å². The van der Waals surface area contributed by atoms with Gasteiger partial charge in [-0.05, 0) is 42.9 Å². The van der Waals surface area contributed by atoms with Crippen molar-refractivity contribution >= 4 is 6.09 Å². The average Bonchev–Trinajstić information content (AvgIpc) is 2.34. The van der Waals surface area contributed by atoms with E-state index < -0.39 is 0 Å². The molecule has 0 spiro atoms. The molecule has 110 valence electrons. The molecule has 0 aromatic carbocycles. The van der Waals surface area contributed by atoms with Gasteiger partial charge in [0.25, 0.3) is 0 Å². The van der Waals surface area contributed by atoms with Crippen LogP contribution < -0.4 is 0 Å². The normalized spacial score (nSPS) is 37.6. The van der Waals surface area contributed by atoms with Crippen LogP contribution in [0.5, 0.6) is 0 Å². The lowest BCUT2D eigenvalue weighted by molar-refractivity contribution is -0.123. The van der Waals surface area contributed by atoms with Crippen molar-refractivity contribution in [1.29, 1.82) is 0 Å². The Morgan fingerprint density at radius 1 is 1.37 bits per heavy atom. The lowest BCUT2D eigenvalue weighted by Crippen LogP contribution is -2.58. The van der Waals surface area contributed by atoms with E-state index in [4.69, 9.17) is 4.74 Å². The van der Waals surface area contributed by atoms with Crippen LogP contribution in [0.1, 0.15) is 47.0 Å². The van der Waals surface area contributed by atoms with Gasteiger partial charge in [-0.3, -0.25) is 0 Å². The molecule has 3 atom stereocenters. The summed E-state index contributed by atoms with van der Waals surface area (Å²) in [4.78, 5) is 13.7. The lowest BCUT2D eigenvalue weighted by atomic mass is 9.53. The van der Waals surface area contributed by atoms with Gasteiger partial charge in [-0.15, -0.1) is 0 Å². The molecule has 1 aliphatic heterocycles. The predicted octanol–water partition coefficient (Wildman–Crippen LogP) is 2.65. The SMILES string of the molecule is CCOC(=O)N1CCC2C(C)(CCC(O)C2(C)C)C1. The largest absolute Gasteiger partial charge is 0.450 e. The highest BCUT2D eigenvalue weighted by Gasteiger charge is 2.53. The van der Waals surface area contributed by atoms with Gasteiger partial charge in [-0.1, -0.05) is 20.8 Å². The maximum absolute atomic E-state index is 11.9. The third-order valence-corrected chi connectivity index (χ3v) is 5.35. The first-order valence-electron chi connectivity index (χ1n) is 7.41. The standard InChI is InChI=1S/C15H27NO3/c1-5-19-13(18)16-9-7-11-14(2,3)12(17)6-8-15(11,4)10-16/h11-12,17H,5-10H2,1-4H3. The van der Waals surface area contributed by atoms with Crippen LogP contribution in [0.2, 0.25) is 0 Å². The summed E-state index contributed by atoms with van der Waals surface area (Å²) in [5.41, 5.74) is 0.0431. The highest BCUT2D eigenvalue weighted by Crippen LogP contribution is 2.54. The third-order valence-electron chi connectivity index (χ3n) is 5.35. The first-order valence-corrected chi connectivity index (χ1v) is 7.41. The minimum absolute atomic E-state index is 0.0618. The van der Waals surface area contributed by atoms with Crippen molar-refractivity contribution in [3.05, 3.63) is 0 Å². The Morgan fingerprint density at radius 2 is 2.05 bits per heavy atom. The van der Waals surface area contributed by atoms with E-state index >= 15 is 0 Å². The summed E-state index contributed by atoms with van der Waals surface area (Å²) in [7, 11) is 0. The zero-order chi connectivity index (χ0) is 14.3. The number of aliphatic hydroxyl groups excluding tert-OH is 1. The van der Waals surface area contributed by atoms with Crippen molar-refractivity contribution in [2.24, 2.45) is 16.7 Å². The molecule has 2 rings (SSSR count). The Kier molecular flexibility index (Phi) is 3.83. The van der Waals surface area contributed by atoms with E-state index in [1.54, 1.807) is 0 Å². The molecule has 1 saturated heterocycles. The second-order valence-electron chi connectivity index (χ2n) is 6.99. The molecule has 1 N–H and O–H groups in total. The minimum Gasteiger partial charge on any atom is -0.450 e. The summed E-state index contributed by atoms with van der Waals surface area (Å²) in [5.74, 6) is 0.467. The number of amides is 1. The van der Waals surface area contributed by atoms with Crippen molar-refractivity contribution in [1.82, 2.24) is 4.90 Å². The lowest BCUT2D eigenvalue weighted by Gasteiger charge is -2.57. The van der Waals surface area contributed by atoms with Crippen molar-refractivity contribution in [3.8, 4) is 0 Å². The van der Waals surface area contributed by atoms with Crippen LogP contribution in [0.15, 0.2) is 0 Å². The average molecular weight is 269 g/mol. The number of hydrogen-bond acceptors (Lipinski definition) is 3. The van der Waals surface area contributed by atoms with Crippen LogP contribution in [-0.2, 0) is 4.74 Å². The fourth-order valence-corrected chi connectivity index (χ4v) is 4.22. The number of carbonyl (C=O) groups is 1. The second-order valence-corrected chi connectivity index (χ2v) is 6.99. The number of hydrogen-bond donors (Lipinski definition) is 1. The summed E-state index contributed by atoms with van der Waals surface area (Å²) in [6.07, 6.45) is 2.36. The van der Waals surface area contributed by atoms with Gasteiger partial charge in [0.2, 0.25) is 0 Å². The van der Waals surface area contributed by atoms with Crippen LogP contribution in [0, 0.1) is 16.7 Å². The van der Waals surface area contributed by atoms with E-state index in [1.165, 1.54) is 0 Å². The van der Waals surface area contributed by atoms with Crippen LogP contribution in [-0.4, -0.2) is 41.9 Å². The maximum Gasteiger partial charge on any atom is 0.409 e. The van der Waals surface area contributed by atoms with E-state index in [1.807, 2.05) is 11.8 Å². The van der Waals surface area contributed by atoms with Gasteiger partial charge >= 0.3 is 6.09 Å². The molecule has 2 fully saturated rings. The van der Waals surface area contributed by atoms with Crippen molar-refractivity contribution in [3.63, 3.8) is 0 Å². The Bertz CT molecular complexity index is 355. The molecule has 0 aromatic rings. The van der Waals surface area contributed by atoms with Crippen molar-refractivity contribution in [2.45, 2.75) is 53.1 Å². The molecule has 4 nitrogen and oxygen atoms in total. The monoisotopic (exact) mass is 269 g/mol. The van der Waals surface area contributed by atoms with Gasteiger partial charge in [-0.2, -0.15) is 0 Å². The van der Waals surface area contributed by atoms with E-state index in [-0.39, 0.29) is 23.0 Å². The van der Waals surface area contributed by atoms with E-state index in [0.29, 0.717) is 12.5 Å². The highest BCUT2D eigenvalue weighted by molar-refractivity contribution is 5.67. The zero-order valence-corrected chi connectivity index (χ0v) is 12.6. The van der Waals surface area contributed by atoms with Gasteiger partial charge in [0.05, 0.1) is 12.7 Å². The summed E-state index contributed by atoms with van der Waals surface area (Å²) >= 11 is 0. The van der Waals surface area contributed by atoms with E-state index in [2.05, 4.69) is 20.8 Å². The molecule has 1 heterocycles. The van der Waals surface area contributed by atoms with Crippen molar-refractivity contribution < 1.29 is 14.6 Å². The zero-order valence-electron chi connectivity index (χ0n) is 12.6. The first kappa shape index (κ1) is 14.6. The molecule has 1 amide bonds. The van der Waals surface area contributed by atoms with E-state index in [9.17, 15) is 9.90 Å². The number of aliphatic hydroxyl groups is 1. The van der Waals surface area contributed by atoms with Crippen molar-refractivity contribution in [2.75, 3.05) is 19.7 Å². The highest BCUT2D eigenvalue weighted by atomic mass is 16.6. The molecule has 0 aromatic heterocycles. The van der Waals surface area contributed by atoms with Gasteiger partial charge in [0, 0.05) is 13.1 Å². The Hall–Kier alpha value is -0.770. The molecular weight excluding hydrogens is 242 g/mol. The molecule has 3 unspecified atom stereocenters. The molecule has 4 heteroatoms. The summed E-state index contributed by atoms with van der Waals surface area (Å²) in [6.45, 7) is 10.4. The topological polar surface area (TPSA) is 49.8 Å². The Morgan fingerprint density at radius 3 is 2.68 bits per heavy atom. The van der Waals surface area contributed by atoms with Crippen LogP contribution in [0.3, 0.4) is 0 Å². The molecule has 0 bridgehead atoms. The molecule has 1 saturated carbocycles. The molecule has 19 heavy (non-hydrogen) atoms. The van der Waals surface area contributed by atoms with Gasteiger partial charge < -0.3 is 14.7 Å². The Balaban J connectivity index is 2.13. The fourth-order valence-electron chi connectivity index (χ4n) is 4.22. The quantitative estimate of drug-likeness (QED) is 0.796. The fraction of sp³-hybridized carbons (Fsp3) is 0.933. The maximum atomic E-state index is 11.9. The smallest absolute Gasteiger partial charge is 0.409 e. The molecule has 0 radical (unpaired) electrons.